The summed E-state index contributed by atoms with van der Waals surface area (Å²) in [5.41, 5.74) is 15.1. The second-order valence-electron chi connectivity index (χ2n) is 19.4. The Balaban J connectivity index is 0.839. The van der Waals surface area contributed by atoms with Crippen LogP contribution in [-0.4, -0.2) is 14.5 Å². The quantitative estimate of drug-likeness (QED) is 0.115. The molecule has 0 aliphatic heterocycles. The fraction of sp³-hybridized carbons (Fsp3) is 0. The summed E-state index contributed by atoms with van der Waals surface area (Å²) in [5, 5.41) is 18.0. The van der Waals surface area contributed by atoms with Gasteiger partial charge in [-0.1, -0.05) is 84.9 Å². The van der Waals surface area contributed by atoms with E-state index in [4.69, 9.17) is 0 Å². The molecule has 0 aliphatic carbocycles. The van der Waals surface area contributed by atoms with Gasteiger partial charge >= 0.3 is 320 Å². The molecule has 0 bridgehead atoms. The zero-order valence-electron chi connectivity index (χ0n) is 39.8. The van der Waals surface area contributed by atoms with Crippen LogP contribution in [0.2, 0.25) is 0 Å². The van der Waals surface area contributed by atoms with Crippen molar-refractivity contribution < 1.29 is 0 Å². The van der Waals surface area contributed by atoms with Gasteiger partial charge in [-0.3, -0.25) is 0 Å². The maximum absolute atomic E-state index is 2.51. The Morgan fingerprint density at radius 2 is 0.493 bits per heavy atom. The standard InChI is InChI=1S/C72H44Se/c1-3-19-53-45(15-1)17-13-29-55(53)47-31-35-49(36-32-47)69-58-21-5-9-25-62(58)71(63-26-10-6-22-59(63)69)51-40-42-67-66(43-51)57-41-39-52(44-68(57)73-67)72-64-27-11-7-23-60(64)70(61-24-8-12-28-65(61)72)50-37-33-48(34-38-50)56-30-14-18-46-16-2-4-20-54(46)56/h1-44H. The van der Waals surface area contributed by atoms with Gasteiger partial charge in [-0.25, -0.2) is 0 Å². The Kier molecular flexibility index (Phi) is 9.70. The van der Waals surface area contributed by atoms with Gasteiger partial charge in [0.15, 0.2) is 0 Å². The van der Waals surface area contributed by atoms with Crippen LogP contribution in [-0.2, 0) is 0 Å². The molecule has 0 nitrogen and oxygen atoms in total. The SMILES string of the molecule is c1ccc2c(-c3ccc(-c4c5ccccc5c(-c5ccc6c(c5)[se]c5ccc(-c7c8ccccc8c(-c8ccc(-c9cccc%10ccccc9%10)cc8)c8ccccc78)cc56)c5ccccc45)cc3)cccc2c1. The van der Waals surface area contributed by atoms with Gasteiger partial charge in [0.25, 0.3) is 0 Å². The van der Waals surface area contributed by atoms with Crippen molar-refractivity contribution in [2.45, 2.75) is 0 Å². The van der Waals surface area contributed by atoms with Crippen LogP contribution in [0.5, 0.6) is 0 Å². The Hall–Kier alpha value is -8.84. The molecule has 338 valence electrons. The van der Waals surface area contributed by atoms with Crippen LogP contribution in [0.15, 0.2) is 267 Å². The third-order valence-corrected chi connectivity index (χ3v) is 17.8. The first-order chi connectivity index (χ1) is 36.2. The van der Waals surface area contributed by atoms with Crippen LogP contribution < -0.4 is 0 Å². The third kappa shape index (κ3) is 6.74. The van der Waals surface area contributed by atoms with Crippen LogP contribution in [0.1, 0.15) is 0 Å². The van der Waals surface area contributed by atoms with Crippen molar-refractivity contribution in [1.82, 2.24) is 0 Å². The Labute approximate surface area is 429 Å². The average molecular weight is 988 g/mol. The van der Waals surface area contributed by atoms with Crippen molar-refractivity contribution in [3.05, 3.63) is 267 Å². The normalized spacial score (nSPS) is 11.8. The molecule has 0 radical (unpaired) electrons. The van der Waals surface area contributed by atoms with Crippen LogP contribution in [0.25, 0.3) is 151 Å². The summed E-state index contributed by atoms with van der Waals surface area (Å²) in [6, 6.07) is 99.7. The van der Waals surface area contributed by atoms with Gasteiger partial charge in [-0.05, 0) is 27.1 Å². The van der Waals surface area contributed by atoms with E-state index in [1.54, 1.807) is 0 Å². The van der Waals surface area contributed by atoms with Gasteiger partial charge in [0.05, 0.1) is 0 Å². The fourth-order valence-electron chi connectivity index (χ4n) is 12.2. The summed E-state index contributed by atoms with van der Waals surface area (Å²) >= 11 is 0.169. The van der Waals surface area contributed by atoms with E-state index in [1.165, 1.54) is 151 Å². The van der Waals surface area contributed by atoms with Gasteiger partial charge < -0.3 is 0 Å². The van der Waals surface area contributed by atoms with Gasteiger partial charge in [0.1, 0.15) is 0 Å². The molecule has 14 aromatic carbocycles. The number of rotatable bonds is 6. The number of hydrogen-bond acceptors (Lipinski definition) is 0. The minimum absolute atomic E-state index is 0.169. The average Bonchev–Trinajstić information content (AvgIpc) is 3.83. The van der Waals surface area contributed by atoms with E-state index in [0.29, 0.717) is 0 Å². The minimum Gasteiger partial charge on any atom is -0.0610 e. The van der Waals surface area contributed by atoms with Crippen molar-refractivity contribution >= 4 is 98.4 Å². The summed E-state index contributed by atoms with van der Waals surface area (Å²) in [6.07, 6.45) is 0. The fourth-order valence-corrected chi connectivity index (χ4v) is 14.5. The van der Waals surface area contributed by atoms with E-state index in [9.17, 15) is 0 Å². The Morgan fingerprint density at radius 3 is 0.918 bits per heavy atom. The second-order valence-corrected chi connectivity index (χ2v) is 21.7. The predicted octanol–water partition coefficient (Wildman–Crippen LogP) is 20.0. The predicted molar refractivity (Wildman–Crippen MR) is 316 cm³/mol. The molecule has 0 saturated carbocycles. The molecule has 0 spiro atoms. The smallest absolute Gasteiger partial charge is 0.0178 e. The first-order valence-electron chi connectivity index (χ1n) is 25.2. The van der Waals surface area contributed by atoms with Crippen molar-refractivity contribution in [2.24, 2.45) is 0 Å². The summed E-state index contributed by atoms with van der Waals surface area (Å²) in [7, 11) is 0. The second kappa shape index (κ2) is 16.9. The Bertz CT molecular complexity index is 4580. The molecule has 0 unspecified atom stereocenters. The maximum Gasteiger partial charge on any atom is -0.0178 e. The van der Waals surface area contributed by atoms with Crippen molar-refractivity contribution in [3.8, 4) is 66.8 Å². The van der Waals surface area contributed by atoms with Crippen LogP contribution in [0.4, 0.5) is 0 Å². The van der Waals surface area contributed by atoms with Crippen LogP contribution in [0, 0.1) is 0 Å². The summed E-state index contributed by atoms with van der Waals surface area (Å²) in [6.45, 7) is 0. The first kappa shape index (κ1) is 41.9. The molecule has 15 aromatic rings. The van der Waals surface area contributed by atoms with Gasteiger partial charge in [-0.2, -0.15) is 0 Å². The van der Waals surface area contributed by atoms with Crippen molar-refractivity contribution in [2.75, 3.05) is 0 Å². The molecule has 1 heteroatoms. The van der Waals surface area contributed by atoms with Crippen LogP contribution >= 0.6 is 0 Å². The molecule has 0 aliphatic rings. The molecule has 0 atom stereocenters. The number of hydrogen-bond donors (Lipinski definition) is 0. The molecular weight excluding hydrogens is 944 g/mol. The van der Waals surface area contributed by atoms with Gasteiger partial charge in [0, 0.05) is 0 Å². The molecule has 73 heavy (non-hydrogen) atoms. The number of benzene rings is 14. The van der Waals surface area contributed by atoms with E-state index in [1.807, 2.05) is 0 Å². The molecule has 0 saturated heterocycles. The van der Waals surface area contributed by atoms with E-state index in [2.05, 4.69) is 267 Å². The van der Waals surface area contributed by atoms with Crippen molar-refractivity contribution in [1.29, 1.82) is 0 Å². The molecule has 1 aromatic heterocycles. The number of fused-ring (bicyclic) bond motifs is 9. The van der Waals surface area contributed by atoms with Gasteiger partial charge in [0.2, 0.25) is 0 Å². The molecule has 0 fully saturated rings. The van der Waals surface area contributed by atoms with Crippen LogP contribution in [0.3, 0.4) is 0 Å². The van der Waals surface area contributed by atoms with Crippen molar-refractivity contribution in [3.63, 3.8) is 0 Å². The molecule has 15 rings (SSSR count). The van der Waals surface area contributed by atoms with E-state index >= 15 is 0 Å². The molecular formula is C72H44Se. The van der Waals surface area contributed by atoms with E-state index < -0.39 is 0 Å². The molecule has 1 heterocycles. The minimum atomic E-state index is 0.169. The van der Waals surface area contributed by atoms with E-state index in [-0.39, 0.29) is 14.5 Å². The van der Waals surface area contributed by atoms with Gasteiger partial charge in [-0.15, -0.1) is 0 Å². The summed E-state index contributed by atoms with van der Waals surface area (Å²) in [5.74, 6) is 0. The first-order valence-corrected chi connectivity index (χ1v) is 26.9. The molecule has 0 amide bonds. The largest absolute Gasteiger partial charge is 0.0610 e. The zero-order valence-corrected chi connectivity index (χ0v) is 41.5. The third-order valence-electron chi connectivity index (χ3n) is 15.5. The van der Waals surface area contributed by atoms with E-state index in [0.717, 1.165) is 0 Å². The maximum atomic E-state index is 2.51. The summed E-state index contributed by atoms with van der Waals surface area (Å²) in [4.78, 5) is 0. The monoisotopic (exact) mass is 988 g/mol. The summed E-state index contributed by atoms with van der Waals surface area (Å²) < 4.78 is 2.88. The Morgan fingerprint density at radius 1 is 0.178 bits per heavy atom. The topological polar surface area (TPSA) is 0 Å². The molecule has 0 N–H and O–H groups in total. The zero-order chi connectivity index (χ0) is 48.0.